The van der Waals surface area contributed by atoms with Crippen molar-refractivity contribution in [1.82, 2.24) is 10.2 Å². The lowest BCUT2D eigenvalue weighted by Crippen LogP contribution is -2.31. The molecule has 1 amide bonds. The SMILES string of the molecule is COC(=O)C1=C(Nc2cccc3c2CCNC3)C(=O)N(CCO)C1. The van der Waals surface area contributed by atoms with E-state index in [2.05, 4.69) is 16.7 Å². The van der Waals surface area contributed by atoms with Crippen molar-refractivity contribution in [2.45, 2.75) is 13.0 Å². The van der Waals surface area contributed by atoms with Gasteiger partial charge in [-0.25, -0.2) is 4.79 Å². The van der Waals surface area contributed by atoms with Gasteiger partial charge in [0, 0.05) is 18.8 Å². The van der Waals surface area contributed by atoms with Crippen LogP contribution in [0.1, 0.15) is 11.1 Å². The molecule has 0 saturated carbocycles. The highest BCUT2D eigenvalue weighted by atomic mass is 16.5. The Morgan fingerprint density at radius 1 is 1.46 bits per heavy atom. The number of carbonyl (C=O) groups is 2. The Hall–Kier alpha value is -2.38. The second-order valence-corrected chi connectivity index (χ2v) is 5.79. The van der Waals surface area contributed by atoms with Crippen molar-refractivity contribution in [1.29, 1.82) is 0 Å². The Labute approximate surface area is 140 Å². The number of nitrogens with zero attached hydrogens (tertiary/aromatic N) is 1. The third-order valence-corrected chi connectivity index (χ3v) is 4.35. The average Bonchev–Trinajstić information content (AvgIpc) is 2.91. The molecule has 3 N–H and O–H groups in total. The van der Waals surface area contributed by atoms with E-state index in [0.29, 0.717) is 5.57 Å². The lowest BCUT2D eigenvalue weighted by molar-refractivity contribution is -0.136. The molecule has 0 aliphatic carbocycles. The molecule has 2 aliphatic rings. The first-order valence-electron chi connectivity index (χ1n) is 7.95. The van der Waals surface area contributed by atoms with E-state index < -0.39 is 5.97 Å². The fourth-order valence-electron chi connectivity index (χ4n) is 3.13. The number of nitrogens with one attached hydrogen (secondary N) is 2. The lowest BCUT2D eigenvalue weighted by atomic mass is 9.99. The number of β-amino-alcohol motifs (C(OH)–C–C–N with tert-alkyl or cyclic N) is 1. The monoisotopic (exact) mass is 331 g/mol. The van der Waals surface area contributed by atoms with Crippen LogP contribution in [-0.4, -0.2) is 55.2 Å². The Bertz CT molecular complexity index is 699. The van der Waals surface area contributed by atoms with E-state index >= 15 is 0 Å². The highest BCUT2D eigenvalue weighted by molar-refractivity contribution is 6.08. The number of amides is 1. The van der Waals surface area contributed by atoms with Gasteiger partial charge in [-0.2, -0.15) is 0 Å². The number of fused-ring (bicyclic) bond motifs is 1. The molecule has 24 heavy (non-hydrogen) atoms. The second kappa shape index (κ2) is 7.02. The van der Waals surface area contributed by atoms with Crippen LogP contribution in [-0.2, 0) is 27.3 Å². The fraction of sp³-hybridized carbons (Fsp3) is 0.412. The van der Waals surface area contributed by atoms with Crippen molar-refractivity contribution in [3.05, 3.63) is 40.6 Å². The van der Waals surface area contributed by atoms with Crippen LogP contribution >= 0.6 is 0 Å². The van der Waals surface area contributed by atoms with Crippen molar-refractivity contribution >= 4 is 17.6 Å². The Morgan fingerprint density at radius 3 is 3.04 bits per heavy atom. The van der Waals surface area contributed by atoms with Crippen LogP contribution in [0, 0.1) is 0 Å². The minimum atomic E-state index is -0.530. The summed E-state index contributed by atoms with van der Waals surface area (Å²) in [6.45, 7) is 1.84. The molecule has 2 heterocycles. The molecule has 1 aromatic rings. The maximum Gasteiger partial charge on any atom is 0.337 e. The van der Waals surface area contributed by atoms with Gasteiger partial charge in [-0.15, -0.1) is 0 Å². The molecule has 3 rings (SSSR count). The normalized spacial score (nSPS) is 17.1. The molecule has 0 spiro atoms. The van der Waals surface area contributed by atoms with Gasteiger partial charge in [-0.05, 0) is 30.2 Å². The van der Waals surface area contributed by atoms with Crippen LogP contribution in [0.15, 0.2) is 29.5 Å². The van der Waals surface area contributed by atoms with E-state index in [1.165, 1.54) is 17.6 Å². The first kappa shape index (κ1) is 16.5. The molecule has 128 valence electrons. The number of aliphatic hydroxyl groups is 1. The summed E-state index contributed by atoms with van der Waals surface area (Å²) in [5, 5.41) is 15.6. The number of hydrogen-bond acceptors (Lipinski definition) is 6. The summed E-state index contributed by atoms with van der Waals surface area (Å²) in [6, 6.07) is 5.89. The number of carbonyl (C=O) groups excluding carboxylic acids is 2. The number of ether oxygens (including phenoxy) is 1. The molecule has 7 heteroatoms. The predicted molar refractivity (Wildman–Crippen MR) is 88.2 cm³/mol. The smallest absolute Gasteiger partial charge is 0.337 e. The zero-order valence-electron chi connectivity index (χ0n) is 13.6. The van der Waals surface area contributed by atoms with Crippen LogP contribution < -0.4 is 10.6 Å². The van der Waals surface area contributed by atoms with Gasteiger partial charge < -0.3 is 25.4 Å². The van der Waals surface area contributed by atoms with E-state index in [0.717, 1.165) is 30.8 Å². The lowest BCUT2D eigenvalue weighted by Gasteiger charge is -2.21. The quantitative estimate of drug-likeness (QED) is 0.658. The van der Waals surface area contributed by atoms with Crippen molar-refractivity contribution in [3.8, 4) is 0 Å². The van der Waals surface area contributed by atoms with Crippen LogP contribution in [0.5, 0.6) is 0 Å². The number of rotatable bonds is 5. The number of hydrogen-bond donors (Lipinski definition) is 3. The third-order valence-electron chi connectivity index (χ3n) is 4.35. The zero-order chi connectivity index (χ0) is 17.1. The van der Waals surface area contributed by atoms with Gasteiger partial charge in [0.25, 0.3) is 5.91 Å². The second-order valence-electron chi connectivity index (χ2n) is 5.79. The van der Waals surface area contributed by atoms with Crippen LogP contribution in [0.3, 0.4) is 0 Å². The van der Waals surface area contributed by atoms with Gasteiger partial charge in [-0.3, -0.25) is 4.79 Å². The summed E-state index contributed by atoms with van der Waals surface area (Å²) in [6.07, 6.45) is 0.855. The molecule has 2 aliphatic heterocycles. The summed E-state index contributed by atoms with van der Waals surface area (Å²) in [5.41, 5.74) is 3.71. The standard InChI is InChI=1S/C17H21N3O4/c1-24-17(23)13-10-20(7-8-21)16(22)15(13)19-14-4-2-3-11-9-18-6-5-12(11)14/h2-4,18-19,21H,5-10H2,1H3. The molecule has 0 saturated heterocycles. The highest BCUT2D eigenvalue weighted by Gasteiger charge is 2.34. The number of esters is 1. The Balaban J connectivity index is 1.94. The predicted octanol–water partition coefficient (Wildman–Crippen LogP) is 0.00580. The molecule has 0 bridgehead atoms. The van der Waals surface area contributed by atoms with Gasteiger partial charge in [0.1, 0.15) is 5.70 Å². The van der Waals surface area contributed by atoms with Crippen LogP contribution in [0.25, 0.3) is 0 Å². The van der Waals surface area contributed by atoms with E-state index in [9.17, 15) is 9.59 Å². The number of aliphatic hydroxyl groups excluding tert-OH is 1. The first-order valence-corrected chi connectivity index (χ1v) is 7.95. The summed E-state index contributed by atoms with van der Waals surface area (Å²) < 4.78 is 4.80. The van der Waals surface area contributed by atoms with Crippen molar-refractivity contribution < 1.29 is 19.4 Å². The van der Waals surface area contributed by atoms with Crippen molar-refractivity contribution in [2.75, 3.05) is 38.7 Å². The summed E-state index contributed by atoms with van der Waals surface area (Å²) in [7, 11) is 1.29. The third kappa shape index (κ3) is 3.00. The van der Waals surface area contributed by atoms with Gasteiger partial charge in [-0.1, -0.05) is 12.1 Å². The minimum Gasteiger partial charge on any atom is -0.466 e. The number of benzene rings is 1. The van der Waals surface area contributed by atoms with E-state index in [1.807, 2.05) is 12.1 Å². The summed E-state index contributed by atoms with van der Waals surface area (Å²) in [4.78, 5) is 26.0. The topological polar surface area (TPSA) is 90.9 Å². The van der Waals surface area contributed by atoms with E-state index in [1.54, 1.807) is 0 Å². The minimum absolute atomic E-state index is 0.144. The van der Waals surface area contributed by atoms with Crippen LogP contribution in [0.2, 0.25) is 0 Å². The van der Waals surface area contributed by atoms with Crippen molar-refractivity contribution in [3.63, 3.8) is 0 Å². The molecular weight excluding hydrogens is 310 g/mol. The van der Waals surface area contributed by atoms with E-state index in [4.69, 9.17) is 9.84 Å². The first-order chi connectivity index (χ1) is 11.7. The zero-order valence-corrected chi connectivity index (χ0v) is 13.6. The molecule has 0 aromatic heterocycles. The van der Waals surface area contributed by atoms with Gasteiger partial charge in [0.2, 0.25) is 0 Å². The van der Waals surface area contributed by atoms with Crippen molar-refractivity contribution in [2.24, 2.45) is 0 Å². The fourth-order valence-corrected chi connectivity index (χ4v) is 3.13. The summed E-state index contributed by atoms with van der Waals surface area (Å²) >= 11 is 0. The Morgan fingerprint density at radius 2 is 2.29 bits per heavy atom. The molecule has 0 atom stereocenters. The van der Waals surface area contributed by atoms with E-state index in [-0.39, 0.29) is 31.3 Å². The Kier molecular flexibility index (Phi) is 4.82. The van der Waals surface area contributed by atoms with Gasteiger partial charge in [0.05, 0.1) is 25.8 Å². The average molecular weight is 331 g/mol. The van der Waals surface area contributed by atoms with Gasteiger partial charge in [0.15, 0.2) is 0 Å². The molecule has 0 fully saturated rings. The maximum absolute atomic E-state index is 12.6. The van der Waals surface area contributed by atoms with Crippen LogP contribution in [0.4, 0.5) is 5.69 Å². The molecule has 0 radical (unpaired) electrons. The number of methoxy groups -OCH3 is 1. The summed E-state index contributed by atoms with van der Waals surface area (Å²) in [5.74, 6) is -0.825. The molecule has 7 nitrogen and oxygen atoms in total. The molecule has 1 aromatic carbocycles. The molecular formula is C17H21N3O4. The molecule has 0 unspecified atom stereocenters. The maximum atomic E-state index is 12.6. The largest absolute Gasteiger partial charge is 0.466 e. The van der Waals surface area contributed by atoms with Gasteiger partial charge >= 0.3 is 5.97 Å². The highest BCUT2D eigenvalue weighted by Crippen LogP contribution is 2.28. The number of anilines is 1.